The number of nitro benzene ring substituents is 1. The van der Waals surface area contributed by atoms with E-state index in [1.54, 1.807) is 23.1 Å². The Balaban J connectivity index is 1.66. The minimum atomic E-state index is -0.441. The standard InChI is InChI=1S/C17H21N5O4/c1-2-26-17(23)14-6-4-8-20(10-14)12-21-11-18-16(19-21)13-5-3-7-15(9-13)22(24)25/h3,5,7,9,11,14H,2,4,6,8,10,12H2,1H3. The van der Waals surface area contributed by atoms with Gasteiger partial charge >= 0.3 is 5.97 Å². The number of nitro groups is 1. The Kier molecular flexibility index (Phi) is 5.57. The third-order valence-electron chi connectivity index (χ3n) is 4.32. The van der Waals surface area contributed by atoms with Crippen molar-refractivity contribution < 1.29 is 14.5 Å². The Morgan fingerprint density at radius 3 is 3.08 bits per heavy atom. The Morgan fingerprint density at radius 2 is 2.31 bits per heavy atom. The van der Waals surface area contributed by atoms with Gasteiger partial charge in [-0.05, 0) is 26.3 Å². The van der Waals surface area contributed by atoms with Crippen LogP contribution in [0.15, 0.2) is 30.6 Å². The van der Waals surface area contributed by atoms with Gasteiger partial charge in [-0.3, -0.25) is 19.8 Å². The average Bonchev–Trinajstić information content (AvgIpc) is 3.11. The summed E-state index contributed by atoms with van der Waals surface area (Å²) in [5.74, 6) is 0.184. The van der Waals surface area contributed by atoms with Crippen molar-refractivity contribution in [2.45, 2.75) is 26.4 Å². The molecule has 1 aliphatic rings. The van der Waals surface area contributed by atoms with Crippen molar-refractivity contribution in [1.82, 2.24) is 19.7 Å². The summed E-state index contributed by atoms with van der Waals surface area (Å²) in [6.07, 6.45) is 3.36. The van der Waals surface area contributed by atoms with Crippen molar-refractivity contribution in [3.05, 3.63) is 40.7 Å². The van der Waals surface area contributed by atoms with Gasteiger partial charge in [0.1, 0.15) is 6.33 Å². The van der Waals surface area contributed by atoms with Gasteiger partial charge in [0.2, 0.25) is 0 Å². The molecule has 138 valence electrons. The SMILES string of the molecule is CCOC(=O)C1CCCN(Cn2cnc(-c3cccc([N+](=O)[O-])c3)n2)C1. The highest BCUT2D eigenvalue weighted by molar-refractivity contribution is 5.72. The summed E-state index contributed by atoms with van der Waals surface area (Å²) in [6.45, 7) is 4.22. The first-order chi connectivity index (χ1) is 12.6. The van der Waals surface area contributed by atoms with Crippen LogP contribution in [0.1, 0.15) is 19.8 Å². The number of hydrogen-bond acceptors (Lipinski definition) is 7. The number of carbonyl (C=O) groups is 1. The van der Waals surface area contributed by atoms with Crippen molar-refractivity contribution in [2.24, 2.45) is 5.92 Å². The number of hydrogen-bond donors (Lipinski definition) is 0. The summed E-state index contributed by atoms with van der Waals surface area (Å²) in [5.41, 5.74) is 0.605. The van der Waals surface area contributed by atoms with Crippen molar-refractivity contribution in [3.63, 3.8) is 0 Å². The van der Waals surface area contributed by atoms with Crippen LogP contribution >= 0.6 is 0 Å². The van der Waals surface area contributed by atoms with Gasteiger partial charge in [-0.2, -0.15) is 0 Å². The summed E-state index contributed by atoms with van der Waals surface area (Å²) >= 11 is 0. The highest BCUT2D eigenvalue weighted by atomic mass is 16.6. The fourth-order valence-electron chi connectivity index (χ4n) is 3.10. The maximum Gasteiger partial charge on any atom is 0.310 e. The third-order valence-corrected chi connectivity index (χ3v) is 4.32. The van der Waals surface area contributed by atoms with E-state index in [0.29, 0.717) is 31.2 Å². The van der Waals surface area contributed by atoms with Crippen LogP contribution in [-0.4, -0.2) is 50.3 Å². The molecule has 0 bridgehead atoms. The summed E-state index contributed by atoms with van der Waals surface area (Å²) in [5, 5.41) is 15.3. The lowest BCUT2D eigenvalue weighted by atomic mass is 9.99. The number of benzene rings is 1. The predicted molar refractivity (Wildman–Crippen MR) is 93.0 cm³/mol. The average molecular weight is 359 g/mol. The number of ether oxygens (including phenoxy) is 1. The number of carbonyl (C=O) groups excluding carboxylic acids is 1. The van der Waals surface area contributed by atoms with E-state index in [0.717, 1.165) is 19.4 Å². The Hall–Kier alpha value is -2.81. The number of likely N-dealkylation sites (tertiary alicyclic amines) is 1. The molecular weight excluding hydrogens is 338 g/mol. The molecule has 1 aromatic heterocycles. The van der Waals surface area contributed by atoms with E-state index in [1.807, 2.05) is 6.92 Å². The predicted octanol–water partition coefficient (Wildman–Crippen LogP) is 2.09. The van der Waals surface area contributed by atoms with Crippen molar-refractivity contribution in [1.29, 1.82) is 0 Å². The second-order valence-corrected chi connectivity index (χ2v) is 6.22. The zero-order valence-corrected chi connectivity index (χ0v) is 14.6. The molecule has 1 fully saturated rings. The largest absolute Gasteiger partial charge is 0.466 e. The second kappa shape index (κ2) is 8.05. The first-order valence-electron chi connectivity index (χ1n) is 8.60. The zero-order valence-electron chi connectivity index (χ0n) is 14.6. The van der Waals surface area contributed by atoms with Gasteiger partial charge in [0.25, 0.3) is 5.69 Å². The summed E-state index contributed by atoms with van der Waals surface area (Å²) in [4.78, 5) is 28.8. The van der Waals surface area contributed by atoms with Gasteiger partial charge in [-0.25, -0.2) is 9.67 Å². The Labute approximate surface area is 150 Å². The third kappa shape index (κ3) is 4.23. The van der Waals surface area contributed by atoms with Crippen LogP contribution in [0.25, 0.3) is 11.4 Å². The summed E-state index contributed by atoms with van der Waals surface area (Å²) < 4.78 is 6.80. The van der Waals surface area contributed by atoms with Crippen molar-refractivity contribution >= 4 is 11.7 Å². The normalized spacial score (nSPS) is 17.8. The van der Waals surface area contributed by atoms with E-state index < -0.39 is 4.92 Å². The van der Waals surface area contributed by atoms with E-state index in [2.05, 4.69) is 15.0 Å². The molecule has 1 aromatic carbocycles. The van der Waals surface area contributed by atoms with Crippen LogP contribution in [0, 0.1) is 16.0 Å². The van der Waals surface area contributed by atoms with E-state index in [4.69, 9.17) is 4.74 Å². The molecule has 0 N–H and O–H groups in total. The number of aromatic nitrogens is 3. The van der Waals surface area contributed by atoms with Crippen LogP contribution in [0.4, 0.5) is 5.69 Å². The lowest BCUT2D eigenvalue weighted by molar-refractivity contribution is -0.384. The van der Waals surface area contributed by atoms with Gasteiger partial charge in [0.15, 0.2) is 5.82 Å². The number of non-ortho nitro benzene ring substituents is 1. The van der Waals surface area contributed by atoms with Crippen molar-refractivity contribution in [2.75, 3.05) is 19.7 Å². The molecule has 9 heteroatoms. The number of nitrogens with zero attached hydrogens (tertiary/aromatic N) is 5. The van der Waals surface area contributed by atoms with Crippen LogP contribution in [-0.2, 0) is 16.2 Å². The molecule has 0 aliphatic carbocycles. The molecule has 0 amide bonds. The molecule has 0 radical (unpaired) electrons. The number of piperidine rings is 1. The van der Waals surface area contributed by atoms with Gasteiger partial charge in [-0.15, -0.1) is 5.10 Å². The fourth-order valence-corrected chi connectivity index (χ4v) is 3.10. The number of rotatable bonds is 6. The number of esters is 1. The highest BCUT2D eigenvalue weighted by Gasteiger charge is 2.27. The highest BCUT2D eigenvalue weighted by Crippen LogP contribution is 2.21. The fraction of sp³-hybridized carbons (Fsp3) is 0.471. The van der Waals surface area contributed by atoms with Crippen LogP contribution < -0.4 is 0 Å². The molecule has 26 heavy (non-hydrogen) atoms. The first kappa shape index (κ1) is 18.0. The van der Waals surface area contributed by atoms with Gasteiger partial charge in [0.05, 0.1) is 24.1 Å². The summed E-state index contributed by atoms with van der Waals surface area (Å²) in [6, 6.07) is 6.24. The lowest BCUT2D eigenvalue weighted by Gasteiger charge is -2.30. The van der Waals surface area contributed by atoms with E-state index >= 15 is 0 Å². The molecular formula is C17H21N5O4. The van der Waals surface area contributed by atoms with Crippen LogP contribution in [0.2, 0.25) is 0 Å². The Bertz CT molecular complexity index is 791. The minimum Gasteiger partial charge on any atom is -0.466 e. The topological polar surface area (TPSA) is 103 Å². The van der Waals surface area contributed by atoms with Gasteiger partial charge < -0.3 is 4.74 Å². The van der Waals surface area contributed by atoms with Crippen LogP contribution in [0.3, 0.4) is 0 Å². The Morgan fingerprint density at radius 1 is 1.46 bits per heavy atom. The van der Waals surface area contributed by atoms with Crippen molar-refractivity contribution in [3.8, 4) is 11.4 Å². The maximum atomic E-state index is 11.9. The molecule has 3 rings (SSSR count). The maximum absolute atomic E-state index is 11.9. The monoisotopic (exact) mass is 359 g/mol. The van der Waals surface area contributed by atoms with Gasteiger partial charge in [-0.1, -0.05) is 12.1 Å². The molecule has 9 nitrogen and oxygen atoms in total. The first-order valence-corrected chi connectivity index (χ1v) is 8.60. The lowest BCUT2D eigenvalue weighted by Crippen LogP contribution is -2.40. The molecule has 1 unspecified atom stereocenters. The van der Waals surface area contributed by atoms with E-state index in [9.17, 15) is 14.9 Å². The molecule has 0 saturated carbocycles. The quantitative estimate of drug-likeness (QED) is 0.442. The minimum absolute atomic E-state index is 0.00663. The zero-order chi connectivity index (χ0) is 18.5. The van der Waals surface area contributed by atoms with E-state index in [1.165, 1.54) is 12.1 Å². The second-order valence-electron chi connectivity index (χ2n) is 6.22. The van der Waals surface area contributed by atoms with E-state index in [-0.39, 0.29) is 17.6 Å². The van der Waals surface area contributed by atoms with Crippen LogP contribution in [0.5, 0.6) is 0 Å². The molecule has 1 aliphatic heterocycles. The molecule has 2 heterocycles. The summed E-state index contributed by atoms with van der Waals surface area (Å²) in [7, 11) is 0. The molecule has 0 spiro atoms. The smallest absolute Gasteiger partial charge is 0.310 e. The van der Waals surface area contributed by atoms with Gasteiger partial charge in [0, 0.05) is 24.2 Å². The molecule has 1 saturated heterocycles. The molecule has 1 atom stereocenters. The molecule has 2 aromatic rings.